The summed E-state index contributed by atoms with van der Waals surface area (Å²) in [5, 5.41) is 3.93. The molecule has 2 aromatic rings. The van der Waals surface area contributed by atoms with Crippen LogP contribution >= 0.6 is 23.4 Å². The zero-order chi connectivity index (χ0) is 13.9. The molecule has 0 bridgehead atoms. The lowest BCUT2D eigenvalue weighted by Crippen LogP contribution is -2.15. The molecule has 0 radical (unpaired) electrons. The van der Waals surface area contributed by atoms with Crippen LogP contribution in [0.5, 0.6) is 0 Å². The highest BCUT2D eigenvalue weighted by Gasteiger charge is 2.25. The molecule has 1 aliphatic carbocycles. The third-order valence-corrected chi connectivity index (χ3v) is 4.22. The zero-order valence-corrected chi connectivity index (χ0v) is 12.2. The normalized spacial score (nSPS) is 14.2. The van der Waals surface area contributed by atoms with Gasteiger partial charge in [0.15, 0.2) is 10.3 Å². The van der Waals surface area contributed by atoms with Crippen molar-refractivity contribution in [1.82, 2.24) is 14.5 Å². The molecule has 2 heterocycles. The molecule has 7 heteroatoms. The van der Waals surface area contributed by atoms with Crippen molar-refractivity contribution in [3.05, 3.63) is 35.9 Å². The van der Waals surface area contributed by atoms with Crippen molar-refractivity contribution in [2.45, 2.75) is 24.0 Å². The zero-order valence-electron chi connectivity index (χ0n) is 10.6. The minimum absolute atomic E-state index is 0.116. The van der Waals surface area contributed by atoms with Crippen LogP contribution < -0.4 is 5.32 Å². The van der Waals surface area contributed by atoms with E-state index >= 15 is 0 Å². The average Bonchev–Trinajstić information content (AvgIpc) is 3.18. The van der Waals surface area contributed by atoms with Crippen LogP contribution in [0.25, 0.3) is 0 Å². The molecule has 0 saturated heterocycles. The Morgan fingerprint density at radius 3 is 3.05 bits per heavy atom. The Morgan fingerprint density at radius 2 is 2.30 bits per heavy atom. The van der Waals surface area contributed by atoms with Crippen LogP contribution in [0.4, 0.5) is 5.69 Å². The number of amides is 1. The van der Waals surface area contributed by atoms with Gasteiger partial charge in [-0.25, -0.2) is 9.97 Å². The summed E-state index contributed by atoms with van der Waals surface area (Å²) < 4.78 is 2.13. The Balaban J connectivity index is 1.57. The number of halogens is 1. The molecule has 5 nitrogen and oxygen atoms in total. The van der Waals surface area contributed by atoms with Crippen molar-refractivity contribution in [3.63, 3.8) is 0 Å². The van der Waals surface area contributed by atoms with Crippen LogP contribution in [0.2, 0.25) is 5.15 Å². The fourth-order valence-electron chi connectivity index (χ4n) is 1.84. The number of rotatable bonds is 5. The standard InChI is InChI=1S/C13H13ClN4OS/c14-12-10(2-1-5-15-12)17-11(19)8-20-13-16-6-7-18(13)9-3-4-9/h1-2,5-7,9H,3-4,8H2,(H,17,19). The number of anilines is 1. The van der Waals surface area contributed by atoms with Gasteiger partial charge in [-0.3, -0.25) is 4.79 Å². The number of carbonyl (C=O) groups excluding carboxylic acids is 1. The van der Waals surface area contributed by atoms with Gasteiger partial charge in [0.25, 0.3) is 0 Å². The summed E-state index contributed by atoms with van der Waals surface area (Å²) in [6.07, 6.45) is 7.72. The molecule has 3 rings (SSSR count). The van der Waals surface area contributed by atoms with Gasteiger partial charge in [-0.15, -0.1) is 0 Å². The summed E-state index contributed by atoms with van der Waals surface area (Å²) in [4.78, 5) is 20.1. The van der Waals surface area contributed by atoms with Gasteiger partial charge in [0.1, 0.15) is 0 Å². The molecule has 0 aromatic carbocycles. The number of nitrogens with one attached hydrogen (secondary N) is 1. The van der Waals surface area contributed by atoms with Gasteiger partial charge in [0.2, 0.25) is 5.91 Å². The van der Waals surface area contributed by atoms with Gasteiger partial charge in [-0.1, -0.05) is 23.4 Å². The van der Waals surface area contributed by atoms with Crippen LogP contribution in [0.15, 0.2) is 35.9 Å². The number of thioether (sulfide) groups is 1. The molecule has 2 aromatic heterocycles. The van der Waals surface area contributed by atoms with Gasteiger partial charge in [0.05, 0.1) is 11.4 Å². The second-order valence-corrected chi connectivity index (χ2v) is 5.83. The van der Waals surface area contributed by atoms with Crippen LogP contribution in [0.3, 0.4) is 0 Å². The molecule has 0 spiro atoms. The van der Waals surface area contributed by atoms with Crippen LogP contribution in [-0.4, -0.2) is 26.2 Å². The van der Waals surface area contributed by atoms with E-state index in [2.05, 4.69) is 19.9 Å². The Hall–Kier alpha value is -1.53. The first-order valence-corrected chi connectivity index (χ1v) is 7.66. The van der Waals surface area contributed by atoms with E-state index in [1.54, 1.807) is 24.5 Å². The summed E-state index contributed by atoms with van der Waals surface area (Å²) in [6, 6.07) is 4.02. The number of aromatic nitrogens is 3. The SMILES string of the molecule is O=C(CSc1nccn1C1CC1)Nc1cccnc1Cl. The van der Waals surface area contributed by atoms with E-state index < -0.39 is 0 Å². The van der Waals surface area contributed by atoms with Crippen molar-refractivity contribution in [2.75, 3.05) is 11.1 Å². The first kappa shape index (κ1) is 13.5. The number of pyridine rings is 1. The molecule has 20 heavy (non-hydrogen) atoms. The molecule has 1 saturated carbocycles. The van der Waals surface area contributed by atoms with Crippen molar-refractivity contribution in [1.29, 1.82) is 0 Å². The summed E-state index contributed by atoms with van der Waals surface area (Å²) in [7, 11) is 0. The molecular formula is C13H13ClN4OS. The van der Waals surface area contributed by atoms with E-state index in [0.29, 0.717) is 22.6 Å². The van der Waals surface area contributed by atoms with Crippen molar-refractivity contribution in [2.24, 2.45) is 0 Å². The van der Waals surface area contributed by atoms with E-state index in [-0.39, 0.29) is 5.91 Å². The topological polar surface area (TPSA) is 59.8 Å². The summed E-state index contributed by atoms with van der Waals surface area (Å²) in [5.41, 5.74) is 0.533. The molecule has 0 aliphatic heterocycles. The largest absolute Gasteiger partial charge is 0.323 e. The third-order valence-electron chi connectivity index (χ3n) is 2.94. The third kappa shape index (κ3) is 3.13. The highest BCUT2D eigenvalue weighted by molar-refractivity contribution is 7.99. The van der Waals surface area contributed by atoms with Crippen LogP contribution in [-0.2, 0) is 4.79 Å². The predicted octanol–water partition coefficient (Wildman–Crippen LogP) is 3.00. The highest BCUT2D eigenvalue weighted by atomic mass is 35.5. The number of imidazole rings is 1. The van der Waals surface area contributed by atoms with Crippen molar-refractivity contribution < 1.29 is 4.79 Å². The first-order valence-electron chi connectivity index (χ1n) is 6.30. The molecule has 1 fully saturated rings. The Kier molecular flexibility index (Phi) is 3.93. The van der Waals surface area contributed by atoms with E-state index in [9.17, 15) is 4.79 Å². The number of hydrogen-bond donors (Lipinski definition) is 1. The minimum Gasteiger partial charge on any atom is -0.323 e. The quantitative estimate of drug-likeness (QED) is 0.681. The van der Waals surface area contributed by atoms with Gasteiger partial charge >= 0.3 is 0 Å². The number of hydrogen-bond acceptors (Lipinski definition) is 4. The van der Waals surface area contributed by atoms with E-state index in [1.807, 2.05) is 6.20 Å². The maximum absolute atomic E-state index is 11.9. The molecule has 104 valence electrons. The van der Waals surface area contributed by atoms with Crippen LogP contribution in [0, 0.1) is 0 Å². The van der Waals surface area contributed by atoms with Gasteiger partial charge in [-0.05, 0) is 25.0 Å². The van der Waals surface area contributed by atoms with Crippen molar-refractivity contribution >= 4 is 35.0 Å². The molecule has 0 unspecified atom stereocenters. The highest BCUT2D eigenvalue weighted by Crippen LogP contribution is 2.37. The van der Waals surface area contributed by atoms with Gasteiger partial charge in [-0.2, -0.15) is 0 Å². The second kappa shape index (κ2) is 5.85. The molecule has 1 aliphatic rings. The number of carbonyl (C=O) groups is 1. The minimum atomic E-state index is -0.116. The lowest BCUT2D eigenvalue weighted by atomic mass is 10.4. The lowest BCUT2D eigenvalue weighted by molar-refractivity contribution is -0.113. The lowest BCUT2D eigenvalue weighted by Gasteiger charge is -2.07. The van der Waals surface area contributed by atoms with E-state index in [0.717, 1.165) is 5.16 Å². The van der Waals surface area contributed by atoms with E-state index in [4.69, 9.17) is 11.6 Å². The summed E-state index contributed by atoms with van der Waals surface area (Å²) in [6.45, 7) is 0. The molecular weight excluding hydrogens is 296 g/mol. The van der Waals surface area contributed by atoms with Crippen LogP contribution in [0.1, 0.15) is 18.9 Å². The fourth-order valence-corrected chi connectivity index (χ4v) is 2.83. The van der Waals surface area contributed by atoms with Gasteiger partial charge in [0, 0.05) is 24.6 Å². The Morgan fingerprint density at radius 1 is 1.45 bits per heavy atom. The second-order valence-electron chi connectivity index (χ2n) is 4.53. The fraction of sp³-hybridized carbons (Fsp3) is 0.308. The average molecular weight is 309 g/mol. The maximum atomic E-state index is 11.9. The summed E-state index contributed by atoms with van der Waals surface area (Å²) in [5.74, 6) is 0.185. The summed E-state index contributed by atoms with van der Waals surface area (Å²) >= 11 is 7.33. The first-order chi connectivity index (χ1) is 9.74. The predicted molar refractivity (Wildman–Crippen MR) is 79.1 cm³/mol. The monoisotopic (exact) mass is 308 g/mol. The smallest absolute Gasteiger partial charge is 0.234 e. The maximum Gasteiger partial charge on any atom is 0.234 e. The van der Waals surface area contributed by atoms with Gasteiger partial charge < -0.3 is 9.88 Å². The molecule has 0 atom stereocenters. The Labute approximate surface area is 125 Å². The van der Waals surface area contributed by atoms with E-state index in [1.165, 1.54) is 24.6 Å². The number of nitrogens with zero attached hydrogens (tertiary/aromatic N) is 3. The Bertz CT molecular complexity index is 626. The molecule has 1 amide bonds. The van der Waals surface area contributed by atoms with Crippen molar-refractivity contribution in [3.8, 4) is 0 Å². The molecule has 1 N–H and O–H groups in total.